The number of rotatable bonds is 14. The number of piperazine rings is 1. The van der Waals surface area contributed by atoms with Crippen molar-refractivity contribution < 1.29 is 34.4 Å². The van der Waals surface area contributed by atoms with Gasteiger partial charge in [0.1, 0.15) is 36.3 Å². The maximum Gasteiger partial charge on any atom is 0.325 e. The number of benzene rings is 3. The molecule has 5 aromatic rings. The van der Waals surface area contributed by atoms with Gasteiger partial charge in [-0.1, -0.05) is 27.7 Å². The third-order valence-corrected chi connectivity index (χ3v) is 12.0. The van der Waals surface area contributed by atoms with Crippen LogP contribution in [-0.4, -0.2) is 87.4 Å². The minimum atomic E-state index is -1.30. The van der Waals surface area contributed by atoms with E-state index in [4.69, 9.17) is 25.6 Å². The Bertz CT molecular complexity index is 2560. The quantitative estimate of drug-likeness (QED) is 0.0494. The Morgan fingerprint density at radius 3 is 2.38 bits per heavy atom. The van der Waals surface area contributed by atoms with Gasteiger partial charge in [-0.3, -0.25) is 19.9 Å². The number of aliphatic hydroxyl groups is 1. The summed E-state index contributed by atoms with van der Waals surface area (Å²) < 4.78 is 13.0. The van der Waals surface area contributed by atoms with Crippen LogP contribution in [0.5, 0.6) is 17.2 Å². The van der Waals surface area contributed by atoms with Gasteiger partial charge in [-0.05, 0) is 97.0 Å². The van der Waals surface area contributed by atoms with Crippen LogP contribution in [0.2, 0.25) is 0 Å². The van der Waals surface area contributed by atoms with Crippen LogP contribution in [0.3, 0.4) is 0 Å². The highest BCUT2D eigenvalue weighted by atomic mass is 16.5. The Morgan fingerprint density at radius 1 is 1.02 bits per heavy atom. The molecule has 320 valence electrons. The molecule has 4 heterocycles. The fourth-order valence-electron chi connectivity index (χ4n) is 8.42. The van der Waals surface area contributed by atoms with E-state index < -0.39 is 11.6 Å². The number of aromatic hydroxyl groups is 2. The van der Waals surface area contributed by atoms with Crippen molar-refractivity contribution in [2.24, 2.45) is 5.73 Å². The van der Waals surface area contributed by atoms with Gasteiger partial charge in [0.25, 0.3) is 12.0 Å². The summed E-state index contributed by atoms with van der Waals surface area (Å²) >= 11 is 0. The van der Waals surface area contributed by atoms with Gasteiger partial charge in [-0.2, -0.15) is 0 Å². The molecule has 0 saturated carbocycles. The first-order valence-corrected chi connectivity index (χ1v) is 20.6. The summed E-state index contributed by atoms with van der Waals surface area (Å²) in [4.78, 5) is 48.1. The first-order valence-electron chi connectivity index (χ1n) is 20.6. The van der Waals surface area contributed by atoms with Crippen LogP contribution in [0.25, 0.3) is 22.3 Å². The number of fused-ring (bicyclic) bond motifs is 4. The lowest BCUT2D eigenvalue weighted by Gasteiger charge is -2.36. The summed E-state index contributed by atoms with van der Waals surface area (Å²) in [5.74, 6) is -0.0661. The number of urea groups is 1. The molecule has 1 unspecified atom stereocenters. The van der Waals surface area contributed by atoms with E-state index in [1.54, 1.807) is 23.6 Å². The number of nitrogens with zero attached hydrogens (tertiary/aromatic N) is 5. The molecule has 61 heavy (non-hydrogen) atoms. The molecule has 2 amide bonds. The predicted molar refractivity (Wildman–Crippen MR) is 234 cm³/mol. The number of aromatic nitrogens is 2. The number of phenols is 2. The number of pyridine rings is 2. The molecule has 1 atom stereocenters. The number of carbonyl (C=O) groups excluding carboxylic acids is 2. The maximum atomic E-state index is 13.8. The van der Waals surface area contributed by atoms with E-state index in [0.29, 0.717) is 60.7 Å². The molecular formula is C46H53N7O8. The highest BCUT2D eigenvalue weighted by molar-refractivity contribution is 6.22. The standard InChI is InChI=1S/C46H53N7O8/c1-6-31-33-20-30(12-13-38(33)49-42-35(31)24-52-39(42)22-37(46(5,59)7-2)36(44(52)57)25-60-26-54)61-19-18-50-14-16-51(17-15-50)28-8-10-29(11-9-28)53(45(48)58)43(47)34-21-32(27(3)4)40(55)23-41(34)56/h8-13,20-23,26-27,47,55-56,59H,6-7,14-19,24-25H2,1-5H3,(H2,48,58). The fraction of sp³-hybridized carbons (Fsp3) is 0.370. The van der Waals surface area contributed by atoms with Gasteiger partial charge in [0.05, 0.1) is 45.9 Å². The van der Waals surface area contributed by atoms with Crippen LogP contribution in [0.15, 0.2) is 65.5 Å². The predicted octanol–water partition coefficient (Wildman–Crippen LogP) is 5.92. The number of ether oxygens (including phenoxy) is 2. The van der Waals surface area contributed by atoms with E-state index in [1.807, 2.05) is 57.2 Å². The summed E-state index contributed by atoms with van der Waals surface area (Å²) in [6, 6.07) is 16.7. The summed E-state index contributed by atoms with van der Waals surface area (Å²) in [6.07, 6.45) is 1.07. The van der Waals surface area contributed by atoms with E-state index in [9.17, 15) is 29.7 Å². The highest BCUT2D eigenvalue weighted by Gasteiger charge is 2.33. The second-order valence-corrected chi connectivity index (χ2v) is 16.1. The molecule has 2 aliphatic heterocycles. The monoisotopic (exact) mass is 831 g/mol. The summed E-state index contributed by atoms with van der Waals surface area (Å²) in [5.41, 5.74) is 10.9. The SMILES string of the molecule is CCc1c2c(nc3ccc(OCCN4CCN(c5ccc(N(C(=N)c6cc(C(C)C)c(O)cc6O)C(N)=O)cc5)CC4)cc13)-c1cc(C(C)(O)CC)c(COC=O)c(=O)n1C2. The number of hydrogen-bond acceptors (Lipinski definition) is 12. The Balaban J connectivity index is 0.990. The zero-order chi connectivity index (χ0) is 43.7. The average Bonchev–Trinajstić information content (AvgIpc) is 3.61. The van der Waals surface area contributed by atoms with Crippen LogP contribution in [0.4, 0.5) is 16.2 Å². The number of anilines is 2. The van der Waals surface area contributed by atoms with Crippen LogP contribution in [0.1, 0.15) is 80.3 Å². The third kappa shape index (κ3) is 8.22. The van der Waals surface area contributed by atoms with Gasteiger partial charge in [0, 0.05) is 55.4 Å². The van der Waals surface area contributed by atoms with Gasteiger partial charge in [-0.25, -0.2) is 14.7 Å². The first kappa shape index (κ1) is 42.7. The summed E-state index contributed by atoms with van der Waals surface area (Å²) in [7, 11) is 0. The number of primary amides is 1. The second-order valence-electron chi connectivity index (χ2n) is 16.1. The molecule has 0 spiro atoms. The Kier molecular flexibility index (Phi) is 12.1. The number of carbonyl (C=O) groups is 2. The molecule has 1 saturated heterocycles. The zero-order valence-electron chi connectivity index (χ0n) is 35.2. The molecule has 7 rings (SSSR count). The van der Waals surface area contributed by atoms with E-state index in [2.05, 4.69) is 16.7 Å². The Morgan fingerprint density at radius 2 is 1.74 bits per heavy atom. The highest BCUT2D eigenvalue weighted by Crippen LogP contribution is 2.40. The topological polar surface area (TPSA) is 208 Å². The molecule has 0 bridgehead atoms. The van der Waals surface area contributed by atoms with Crippen molar-refractivity contribution in [3.8, 4) is 28.6 Å². The molecule has 6 N–H and O–H groups in total. The van der Waals surface area contributed by atoms with Gasteiger partial charge in [0.15, 0.2) is 0 Å². The molecule has 2 aliphatic rings. The number of nitrogens with one attached hydrogen (secondary N) is 1. The molecular weight excluding hydrogens is 779 g/mol. The van der Waals surface area contributed by atoms with Crippen LogP contribution in [-0.2, 0) is 34.7 Å². The molecule has 15 nitrogen and oxygen atoms in total. The van der Waals surface area contributed by atoms with Crippen molar-refractivity contribution >= 4 is 40.6 Å². The lowest BCUT2D eigenvalue weighted by atomic mass is 9.89. The number of hydrogen-bond donors (Lipinski definition) is 5. The van der Waals surface area contributed by atoms with Crippen LogP contribution in [0, 0.1) is 5.41 Å². The van der Waals surface area contributed by atoms with E-state index in [0.717, 1.165) is 71.1 Å². The maximum absolute atomic E-state index is 13.8. The molecule has 3 aromatic carbocycles. The van der Waals surface area contributed by atoms with Crippen molar-refractivity contribution in [1.82, 2.24) is 14.5 Å². The number of amidine groups is 1. The van der Waals surface area contributed by atoms with E-state index >= 15 is 0 Å². The molecule has 0 aliphatic carbocycles. The van der Waals surface area contributed by atoms with Crippen molar-refractivity contribution in [3.05, 3.63) is 104 Å². The molecule has 15 heteroatoms. The molecule has 1 fully saturated rings. The van der Waals surface area contributed by atoms with Crippen molar-refractivity contribution in [3.63, 3.8) is 0 Å². The number of phenolic OH excluding ortho intramolecular Hbond substituents is 2. The van der Waals surface area contributed by atoms with E-state index in [-0.39, 0.29) is 46.5 Å². The van der Waals surface area contributed by atoms with Gasteiger partial charge in [-0.15, -0.1) is 0 Å². The average molecular weight is 832 g/mol. The minimum absolute atomic E-state index is 0.0777. The summed E-state index contributed by atoms with van der Waals surface area (Å²) in [5, 5.41) is 41.8. The van der Waals surface area contributed by atoms with Crippen molar-refractivity contribution in [1.29, 1.82) is 5.41 Å². The van der Waals surface area contributed by atoms with Crippen LogP contribution < -0.4 is 25.8 Å². The largest absolute Gasteiger partial charge is 0.508 e. The lowest BCUT2D eigenvalue weighted by Crippen LogP contribution is -2.47. The molecule has 0 radical (unpaired) electrons. The molecule has 2 aromatic heterocycles. The van der Waals surface area contributed by atoms with Crippen molar-refractivity contribution in [2.45, 2.75) is 72.1 Å². The van der Waals surface area contributed by atoms with E-state index in [1.165, 1.54) is 12.1 Å². The normalized spacial score (nSPS) is 14.7. The Hall–Kier alpha value is -6.45. The minimum Gasteiger partial charge on any atom is -0.508 e. The van der Waals surface area contributed by atoms with Gasteiger partial charge in [0.2, 0.25) is 0 Å². The number of amides is 2. The fourth-order valence-corrected chi connectivity index (χ4v) is 8.42. The Labute approximate surface area is 354 Å². The second kappa shape index (κ2) is 17.3. The van der Waals surface area contributed by atoms with Crippen LogP contribution >= 0.6 is 0 Å². The van der Waals surface area contributed by atoms with Gasteiger partial charge >= 0.3 is 6.03 Å². The lowest BCUT2D eigenvalue weighted by molar-refractivity contribution is -0.129. The number of aryl methyl sites for hydroxylation is 1. The summed E-state index contributed by atoms with van der Waals surface area (Å²) in [6.45, 7) is 14.1. The smallest absolute Gasteiger partial charge is 0.325 e. The third-order valence-electron chi connectivity index (χ3n) is 12.0. The first-order chi connectivity index (χ1) is 29.2. The van der Waals surface area contributed by atoms with Gasteiger partial charge < -0.3 is 40.0 Å². The number of nitrogens with two attached hydrogens (primary N) is 1. The zero-order valence-corrected chi connectivity index (χ0v) is 35.2. The van der Waals surface area contributed by atoms with Crippen molar-refractivity contribution in [2.75, 3.05) is 49.1 Å².